The van der Waals surface area contributed by atoms with Gasteiger partial charge in [0.25, 0.3) is 0 Å². The van der Waals surface area contributed by atoms with Crippen molar-refractivity contribution in [2.45, 2.75) is 25.4 Å². The molecule has 19 heavy (non-hydrogen) atoms. The second kappa shape index (κ2) is 8.00. The van der Waals surface area contributed by atoms with Crippen molar-refractivity contribution in [2.75, 3.05) is 33.4 Å². The molecule has 0 amide bonds. The zero-order chi connectivity index (χ0) is 13.5. The maximum absolute atomic E-state index is 5.36. The summed E-state index contributed by atoms with van der Waals surface area (Å²) < 4.78 is 6.50. The zero-order valence-electron chi connectivity index (χ0n) is 11.6. The van der Waals surface area contributed by atoms with Crippen LogP contribution in [0.2, 0.25) is 0 Å². The van der Waals surface area contributed by atoms with E-state index in [0.29, 0.717) is 6.04 Å². The molecule has 1 saturated heterocycles. The molecule has 0 aliphatic carbocycles. The topological polar surface area (TPSA) is 24.5 Å². The third kappa shape index (κ3) is 5.61. The van der Waals surface area contributed by atoms with Crippen LogP contribution in [0.1, 0.15) is 18.4 Å². The molecule has 0 aromatic heterocycles. The van der Waals surface area contributed by atoms with Crippen molar-refractivity contribution in [3.63, 3.8) is 0 Å². The van der Waals surface area contributed by atoms with Crippen LogP contribution in [0, 0.1) is 0 Å². The molecule has 1 N–H and O–H groups in total. The molecule has 1 aliphatic heterocycles. The van der Waals surface area contributed by atoms with Crippen LogP contribution < -0.4 is 5.32 Å². The van der Waals surface area contributed by atoms with Crippen LogP contribution in [0.3, 0.4) is 0 Å². The number of benzene rings is 1. The van der Waals surface area contributed by atoms with E-state index in [1.54, 1.807) is 0 Å². The Hall–Kier alpha value is -0.420. The first-order chi connectivity index (χ1) is 9.24. The minimum absolute atomic E-state index is 0.648. The SMILES string of the molecule is CN(CCNC1CCOCC1)Cc1ccc(Br)cc1. The Balaban J connectivity index is 1.63. The van der Waals surface area contributed by atoms with Gasteiger partial charge >= 0.3 is 0 Å². The highest BCUT2D eigenvalue weighted by molar-refractivity contribution is 9.10. The van der Waals surface area contributed by atoms with E-state index in [1.807, 2.05) is 0 Å². The fourth-order valence-corrected chi connectivity index (χ4v) is 2.61. The minimum Gasteiger partial charge on any atom is -0.381 e. The summed E-state index contributed by atoms with van der Waals surface area (Å²) in [6.07, 6.45) is 2.30. The van der Waals surface area contributed by atoms with E-state index in [4.69, 9.17) is 4.74 Å². The molecule has 0 spiro atoms. The lowest BCUT2D eigenvalue weighted by molar-refractivity contribution is 0.0774. The van der Waals surface area contributed by atoms with Gasteiger partial charge in [0.1, 0.15) is 0 Å². The predicted octanol–water partition coefficient (Wildman–Crippen LogP) is 2.65. The van der Waals surface area contributed by atoms with Gasteiger partial charge < -0.3 is 15.0 Å². The molecule has 1 aromatic rings. The van der Waals surface area contributed by atoms with Gasteiger partial charge in [-0.25, -0.2) is 0 Å². The number of nitrogens with one attached hydrogen (secondary N) is 1. The molecule has 4 heteroatoms. The van der Waals surface area contributed by atoms with Gasteiger partial charge in [0.15, 0.2) is 0 Å². The Kier molecular flexibility index (Phi) is 6.31. The van der Waals surface area contributed by atoms with Crippen LogP contribution in [0.4, 0.5) is 0 Å². The zero-order valence-corrected chi connectivity index (χ0v) is 13.2. The normalized spacial score (nSPS) is 17.0. The monoisotopic (exact) mass is 326 g/mol. The molecule has 1 heterocycles. The molecule has 0 saturated carbocycles. The van der Waals surface area contributed by atoms with Crippen LogP contribution in [-0.4, -0.2) is 44.3 Å². The Morgan fingerprint density at radius 2 is 1.95 bits per heavy atom. The minimum atomic E-state index is 0.648. The fraction of sp³-hybridized carbons (Fsp3) is 0.600. The van der Waals surface area contributed by atoms with Gasteiger partial charge in [0.05, 0.1) is 0 Å². The largest absolute Gasteiger partial charge is 0.381 e. The standard InChI is InChI=1S/C15H23BrN2O/c1-18(12-13-2-4-14(16)5-3-13)9-8-17-15-6-10-19-11-7-15/h2-5,15,17H,6-12H2,1H3. The number of nitrogens with zero attached hydrogens (tertiary/aromatic N) is 1. The highest BCUT2D eigenvalue weighted by Gasteiger charge is 2.12. The second-order valence-electron chi connectivity index (χ2n) is 5.21. The first-order valence-electron chi connectivity index (χ1n) is 6.98. The average Bonchev–Trinajstić information content (AvgIpc) is 2.43. The maximum Gasteiger partial charge on any atom is 0.0480 e. The lowest BCUT2D eigenvalue weighted by atomic mass is 10.1. The van der Waals surface area contributed by atoms with Crippen molar-refractivity contribution in [1.29, 1.82) is 0 Å². The summed E-state index contributed by atoms with van der Waals surface area (Å²) in [6.45, 7) is 4.95. The molecule has 1 aromatic carbocycles. The summed E-state index contributed by atoms with van der Waals surface area (Å²) in [5.74, 6) is 0. The molecule has 106 valence electrons. The molecule has 2 rings (SSSR count). The van der Waals surface area contributed by atoms with Crippen molar-refractivity contribution < 1.29 is 4.74 Å². The molecule has 0 unspecified atom stereocenters. The van der Waals surface area contributed by atoms with E-state index in [1.165, 1.54) is 5.56 Å². The lowest BCUT2D eigenvalue weighted by Gasteiger charge is -2.24. The summed E-state index contributed by atoms with van der Waals surface area (Å²) in [7, 11) is 2.17. The van der Waals surface area contributed by atoms with Gasteiger partial charge in [-0.05, 0) is 37.6 Å². The lowest BCUT2D eigenvalue weighted by Crippen LogP contribution is -2.39. The van der Waals surface area contributed by atoms with Gasteiger partial charge in [-0.15, -0.1) is 0 Å². The van der Waals surface area contributed by atoms with E-state index < -0.39 is 0 Å². The van der Waals surface area contributed by atoms with Crippen molar-refractivity contribution in [2.24, 2.45) is 0 Å². The smallest absolute Gasteiger partial charge is 0.0480 e. The first kappa shape index (κ1) is 15.0. The summed E-state index contributed by atoms with van der Waals surface area (Å²) in [5.41, 5.74) is 1.36. The third-order valence-electron chi connectivity index (χ3n) is 3.51. The van der Waals surface area contributed by atoms with Crippen LogP contribution in [0.25, 0.3) is 0 Å². The van der Waals surface area contributed by atoms with Crippen molar-refractivity contribution in [1.82, 2.24) is 10.2 Å². The van der Waals surface area contributed by atoms with Gasteiger partial charge in [-0.1, -0.05) is 28.1 Å². The molecule has 1 aliphatic rings. The fourth-order valence-electron chi connectivity index (χ4n) is 2.34. The summed E-state index contributed by atoms with van der Waals surface area (Å²) >= 11 is 3.46. The van der Waals surface area contributed by atoms with Gasteiger partial charge in [0, 0.05) is 43.4 Å². The van der Waals surface area contributed by atoms with Crippen LogP contribution >= 0.6 is 15.9 Å². The summed E-state index contributed by atoms with van der Waals surface area (Å²) in [5, 5.41) is 3.62. The average molecular weight is 327 g/mol. The van der Waals surface area contributed by atoms with Crippen LogP contribution in [-0.2, 0) is 11.3 Å². The van der Waals surface area contributed by atoms with E-state index >= 15 is 0 Å². The van der Waals surface area contributed by atoms with E-state index in [9.17, 15) is 0 Å². The summed E-state index contributed by atoms with van der Waals surface area (Å²) in [4.78, 5) is 2.36. The first-order valence-corrected chi connectivity index (χ1v) is 7.77. The maximum atomic E-state index is 5.36. The molecule has 0 radical (unpaired) electrons. The van der Waals surface area contributed by atoms with Crippen molar-refractivity contribution in [3.8, 4) is 0 Å². The Morgan fingerprint density at radius 1 is 1.26 bits per heavy atom. The van der Waals surface area contributed by atoms with Crippen molar-refractivity contribution >= 4 is 15.9 Å². The van der Waals surface area contributed by atoms with Crippen LogP contribution in [0.15, 0.2) is 28.7 Å². The van der Waals surface area contributed by atoms with E-state index in [2.05, 4.69) is 57.5 Å². The molecular weight excluding hydrogens is 304 g/mol. The summed E-state index contributed by atoms with van der Waals surface area (Å²) in [6, 6.07) is 9.20. The predicted molar refractivity (Wildman–Crippen MR) is 82.3 cm³/mol. The van der Waals surface area contributed by atoms with Crippen molar-refractivity contribution in [3.05, 3.63) is 34.3 Å². The highest BCUT2D eigenvalue weighted by Crippen LogP contribution is 2.11. The quantitative estimate of drug-likeness (QED) is 0.869. The van der Waals surface area contributed by atoms with E-state index in [0.717, 1.165) is 50.2 Å². The number of hydrogen-bond acceptors (Lipinski definition) is 3. The third-order valence-corrected chi connectivity index (χ3v) is 4.04. The molecule has 1 fully saturated rings. The van der Waals surface area contributed by atoms with Gasteiger partial charge in [-0.3, -0.25) is 0 Å². The second-order valence-corrected chi connectivity index (χ2v) is 6.12. The van der Waals surface area contributed by atoms with Gasteiger partial charge in [0.2, 0.25) is 0 Å². The Bertz CT molecular complexity index is 363. The Labute approximate surface area is 124 Å². The highest BCUT2D eigenvalue weighted by atomic mass is 79.9. The number of likely N-dealkylation sites (N-methyl/N-ethyl adjacent to an activating group) is 1. The number of ether oxygens (including phenoxy) is 1. The number of hydrogen-bond donors (Lipinski definition) is 1. The molecule has 0 atom stereocenters. The Morgan fingerprint density at radius 3 is 2.63 bits per heavy atom. The van der Waals surface area contributed by atoms with Gasteiger partial charge in [-0.2, -0.15) is 0 Å². The molecular formula is C15H23BrN2O. The number of halogens is 1. The van der Waals surface area contributed by atoms with Crippen LogP contribution in [0.5, 0.6) is 0 Å². The number of rotatable bonds is 6. The molecule has 3 nitrogen and oxygen atoms in total. The molecule has 0 bridgehead atoms. The van der Waals surface area contributed by atoms with E-state index in [-0.39, 0.29) is 0 Å².